The summed E-state index contributed by atoms with van der Waals surface area (Å²) in [5.41, 5.74) is 10.4. The summed E-state index contributed by atoms with van der Waals surface area (Å²) >= 11 is 0. The van der Waals surface area contributed by atoms with Gasteiger partial charge < -0.3 is 0 Å². The maximum atomic E-state index is 8.72. The molecule has 2 heteroatoms. The molecule has 0 unspecified atom stereocenters. The van der Waals surface area contributed by atoms with E-state index >= 15 is 0 Å². The van der Waals surface area contributed by atoms with E-state index in [1.807, 2.05) is 48.5 Å². The summed E-state index contributed by atoms with van der Waals surface area (Å²) in [6, 6.07) is 48.6. The monoisotopic (exact) mass is 631 g/mol. The van der Waals surface area contributed by atoms with Crippen LogP contribution in [0.3, 0.4) is 0 Å². The molecule has 9 aromatic rings. The quantitative estimate of drug-likeness (QED) is 0.167. The summed E-state index contributed by atoms with van der Waals surface area (Å²) in [6.45, 7) is 2.13. The fraction of sp³-hybridized carbons (Fsp3) is 0.0426. The van der Waals surface area contributed by atoms with Crippen LogP contribution < -0.4 is 0 Å². The third kappa shape index (κ3) is 5.01. The zero-order valence-corrected chi connectivity index (χ0v) is 27.0. The van der Waals surface area contributed by atoms with Crippen LogP contribution in [0.15, 0.2) is 176 Å². The van der Waals surface area contributed by atoms with Crippen LogP contribution >= 0.6 is 0 Å². The molecule has 0 aliphatic heterocycles. The SMILES string of the molecule is [2H]c1c([2H])c([2H])c(-c2ccc3c(-c4ccc(-c5ccc(-n6c(CC)nc7ccccc76)cc5)cc4)c4ccccc4c(-c4ccccc4)c3c2)c([2H])c1[2H]. The van der Waals surface area contributed by atoms with Gasteiger partial charge in [0.05, 0.1) is 17.9 Å². The number of benzene rings is 8. The van der Waals surface area contributed by atoms with Crippen LogP contribution in [0, 0.1) is 0 Å². The van der Waals surface area contributed by atoms with Crippen molar-refractivity contribution in [3.8, 4) is 50.2 Å². The van der Waals surface area contributed by atoms with Gasteiger partial charge in [0.15, 0.2) is 0 Å². The Labute approximate surface area is 293 Å². The van der Waals surface area contributed by atoms with Crippen molar-refractivity contribution in [1.82, 2.24) is 9.55 Å². The van der Waals surface area contributed by atoms with Crippen molar-refractivity contribution < 1.29 is 6.85 Å². The van der Waals surface area contributed by atoms with Gasteiger partial charge in [-0.25, -0.2) is 4.98 Å². The van der Waals surface area contributed by atoms with Crippen molar-refractivity contribution in [3.05, 3.63) is 182 Å². The molecule has 0 aliphatic carbocycles. The van der Waals surface area contributed by atoms with Crippen molar-refractivity contribution in [2.45, 2.75) is 13.3 Å². The van der Waals surface area contributed by atoms with Gasteiger partial charge in [-0.05, 0) is 96.4 Å². The maximum Gasteiger partial charge on any atom is 0.114 e. The molecule has 2 nitrogen and oxygen atoms in total. The average molecular weight is 632 g/mol. The predicted octanol–water partition coefficient (Wildman–Crippen LogP) is 12.6. The molecule has 0 fully saturated rings. The van der Waals surface area contributed by atoms with Crippen LogP contribution in [0.5, 0.6) is 0 Å². The molecule has 0 radical (unpaired) electrons. The van der Waals surface area contributed by atoms with Crippen molar-refractivity contribution in [3.63, 3.8) is 0 Å². The first-order chi connectivity index (χ1) is 26.3. The molecule has 1 aromatic heterocycles. The van der Waals surface area contributed by atoms with Crippen LogP contribution in [0.1, 0.15) is 19.6 Å². The first-order valence-electron chi connectivity index (χ1n) is 19.1. The zero-order chi connectivity index (χ0) is 37.1. The highest BCUT2D eigenvalue weighted by molar-refractivity contribution is 6.22. The number of nitrogens with zero attached hydrogens (tertiary/aromatic N) is 2. The second kappa shape index (κ2) is 12.1. The Morgan fingerprint density at radius 1 is 0.490 bits per heavy atom. The van der Waals surface area contributed by atoms with Gasteiger partial charge in [-0.1, -0.05) is 152 Å². The highest BCUT2D eigenvalue weighted by Crippen LogP contribution is 2.45. The van der Waals surface area contributed by atoms with E-state index in [0.717, 1.165) is 83.9 Å². The zero-order valence-electron chi connectivity index (χ0n) is 32.0. The Hall–Kier alpha value is -6.25. The minimum Gasteiger partial charge on any atom is -0.296 e. The fourth-order valence-corrected chi connectivity index (χ4v) is 7.19. The van der Waals surface area contributed by atoms with E-state index in [-0.39, 0.29) is 29.7 Å². The third-order valence-electron chi connectivity index (χ3n) is 9.45. The van der Waals surface area contributed by atoms with E-state index < -0.39 is 6.04 Å². The second-order valence-corrected chi connectivity index (χ2v) is 12.3. The van der Waals surface area contributed by atoms with E-state index in [1.54, 1.807) is 0 Å². The molecule has 0 aliphatic rings. The van der Waals surface area contributed by atoms with Gasteiger partial charge in [0.2, 0.25) is 0 Å². The number of hydrogen-bond acceptors (Lipinski definition) is 1. The first-order valence-corrected chi connectivity index (χ1v) is 16.6. The van der Waals surface area contributed by atoms with Gasteiger partial charge in [0.1, 0.15) is 5.82 Å². The molecule has 9 rings (SSSR count). The molecule has 49 heavy (non-hydrogen) atoms. The lowest BCUT2D eigenvalue weighted by molar-refractivity contribution is 0.908. The van der Waals surface area contributed by atoms with E-state index in [9.17, 15) is 0 Å². The lowest BCUT2D eigenvalue weighted by Crippen LogP contribution is -1.99. The minimum absolute atomic E-state index is 0.194. The Morgan fingerprint density at radius 2 is 1.04 bits per heavy atom. The molecule has 0 N–H and O–H groups in total. The molecule has 0 saturated carbocycles. The summed E-state index contributed by atoms with van der Waals surface area (Å²) in [5, 5.41) is 4.13. The van der Waals surface area contributed by atoms with Gasteiger partial charge in [-0.2, -0.15) is 0 Å². The molecule has 1 heterocycles. The Kier molecular flexibility index (Phi) is 5.91. The van der Waals surface area contributed by atoms with Crippen molar-refractivity contribution in [2.75, 3.05) is 0 Å². The summed E-state index contributed by atoms with van der Waals surface area (Å²) in [6.07, 6.45) is 0.836. The van der Waals surface area contributed by atoms with Gasteiger partial charge in [0, 0.05) is 12.1 Å². The van der Waals surface area contributed by atoms with E-state index in [1.165, 1.54) is 0 Å². The molecule has 232 valence electrons. The first kappa shape index (κ1) is 24.0. The van der Waals surface area contributed by atoms with Gasteiger partial charge in [0.25, 0.3) is 0 Å². The van der Waals surface area contributed by atoms with Gasteiger partial charge in [-0.15, -0.1) is 0 Å². The Morgan fingerprint density at radius 3 is 1.76 bits per heavy atom. The summed E-state index contributed by atoms with van der Waals surface area (Å²) in [4.78, 5) is 4.85. The molecule has 0 saturated heterocycles. The predicted molar refractivity (Wildman–Crippen MR) is 207 cm³/mol. The van der Waals surface area contributed by atoms with Crippen LogP contribution in [-0.2, 0) is 6.42 Å². The average Bonchev–Trinajstić information content (AvgIpc) is 3.61. The number of imidazole rings is 1. The third-order valence-corrected chi connectivity index (χ3v) is 9.45. The largest absolute Gasteiger partial charge is 0.296 e. The lowest BCUT2D eigenvalue weighted by atomic mass is 9.84. The normalized spacial score (nSPS) is 12.9. The molecular weight excluding hydrogens is 593 g/mol. The van der Waals surface area contributed by atoms with Crippen molar-refractivity contribution >= 4 is 32.6 Å². The summed E-state index contributed by atoms with van der Waals surface area (Å²) in [5.74, 6) is 1.03. The number of para-hydroxylation sites is 2. The Balaban J connectivity index is 1.20. The number of aryl methyl sites for hydroxylation is 1. The molecule has 8 aromatic carbocycles. The summed E-state index contributed by atoms with van der Waals surface area (Å²) < 4.78 is 44.5. The minimum atomic E-state index is -0.398. The fourth-order valence-electron chi connectivity index (χ4n) is 7.19. The van der Waals surface area contributed by atoms with Crippen LogP contribution in [0.25, 0.3) is 82.8 Å². The second-order valence-electron chi connectivity index (χ2n) is 12.3. The topological polar surface area (TPSA) is 17.8 Å². The molecule has 0 amide bonds. The van der Waals surface area contributed by atoms with Crippen molar-refractivity contribution in [2.24, 2.45) is 0 Å². The van der Waals surface area contributed by atoms with Crippen LogP contribution in [-0.4, -0.2) is 9.55 Å². The van der Waals surface area contributed by atoms with E-state index in [0.29, 0.717) is 5.56 Å². The molecule has 0 spiro atoms. The molecule has 0 atom stereocenters. The maximum absolute atomic E-state index is 8.72. The van der Waals surface area contributed by atoms with Gasteiger partial charge in [-0.3, -0.25) is 4.57 Å². The highest BCUT2D eigenvalue weighted by Gasteiger charge is 2.18. The lowest BCUT2D eigenvalue weighted by Gasteiger charge is -2.19. The van der Waals surface area contributed by atoms with E-state index in [2.05, 4.69) is 109 Å². The number of aromatic nitrogens is 2. The van der Waals surface area contributed by atoms with Gasteiger partial charge >= 0.3 is 0 Å². The smallest absolute Gasteiger partial charge is 0.114 e. The van der Waals surface area contributed by atoms with E-state index in [4.69, 9.17) is 11.8 Å². The number of fused-ring (bicyclic) bond motifs is 3. The molecular formula is C47H34N2. The molecule has 0 bridgehead atoms. The Bertz CT molecular complexity index is 2870. The number of hydrogen-bond donors (Lipinski definition) is 0. The van der Waals surface area contributed by atoms with Crippen molar-refractivity contribution in [1.29, 1.82) is 0 Å². The standard InChI is InChI=1S/C47H34N2/c1-2-45-48-43-19-11-12-20-44(43)49(45)38-28-25-34(26-29-38)33-21-23-36(24-22-33)46-39-17-9-10-18-40(39)47(35-15-7-4-8-16-35)42-31-37(27-30-41(42)46)32-13-5-3-6-14-32/h3-31H,2H2,1H3/i3D,5D,6D,13D,14D. The summed E-state index contributed by atoms with van der Waals surface area (Å²) in [7, 11) is 0. The number of rotatable bonds is 6. The highest BCUT2D eigenvalue weighted by atomic mass is 15.1. The van der Waals surface area contributed by atoms with Crippen LogP contribution in [0.4, 0.5) is 0 Å². The van der Waals surface area contributed by atoms with Crippen LogP contribution in [0.2, 0.25) is 0 Å².